The normalized spacial score (nSPS) is 12.9. The van der Waals surface area contributed by atoms with Crippen LogP contribution in [-0.2, 0) is 10.2 Å². The number of anilines is 1. The van der Waals surface area contributed by atoms with Gasteiger partial charge in [0.2, 0.25) is 5.91 Å². The van der Waals surface area contributed by atoms with Gasteiger partial charge in [-0.3, -0.25) is 4.79 Å². The SMILES string of the molecule is CCCNC(=O)C(C)Nc1cc(Cl)nc(C(C)(C)C)n1. The Hall–Kier alpha value is -1.36. The predicted molar refractivity (Wildman–Crippen MR) is 82.1 cm³/mol. The van der Waals surface area contributed by atoms with Crippen molar-refractivity contribution >= 4 is 23.3 Å². The Morgan fingerprint density at radius 2 is 2.05 bits per heavy atom. The van der Waals surface area contributed by atoms with Crippen molar-refractivity contribution in [2.75, 3.05) is 11.9 Å². The summed E-state index contributed by atoms with van der Waals surface area (Å²) in [7, 11) is 0. The molecule has 0 aliphatic carbocycles. The minimum absolute atomic E-state index is 0.0566. The third-order valence-electron chi connectivity index (χ3n) is 2.67. The molecule has 1 atom stereocenters. The van der Waals surface area contributed by atoms with Crippen molar-refractivity contribution < 1.29 is 4.79 Å². The summed E-state index contributed by atoms with van der Waals surface area (Å²) >= 11 is 6.01. The van der Waals surface area contributed by atoms with E-state index >= 15 is 0 Å². The Labute approximate surface area is 125 Å². The molecule has 2 N–H and O–H groups in total. The highest BCUT2D eigenvalue weighted by molar-refractivity contribution is 6.29. The van der Waals surface area contributed by atoms with E-state index in [0.717, 1.165) is 6.42 Å². The van der Waals surface area contributed by atoms with E-state index in [9.17, 15) is 4.79 Å². The van der Waals surface area contributed by atoms with Crippen molar-refractivity contribution in [1.82, 2.24) is 15.3 Å². The van der Waals surface area contributed by atoms with Crippen LogP contribution in [0.25, 0.3) is 0 Å². The van der Waals surface area contributed by atoms with Crippen LogP contribution in [-0.4, -0.2) is 28.5 Å². The molecule has 0 saturated heterocycles. The number of amides is 1. The molecule has 1 heterocycles. The van der Waals surface area contributed by atoms with E-state index in [0.29, 0.717) is 23.3 Å². The molecule has 1 rings (SSSR count). The fourth-order valence-electron chi connectivity index (χ4n) is 1.52. The van der Waals surface area contributed by atoms with Gasteiger partial charge in [0.25, 0.3) is 0 Å². The first-order valence-corrected chi connectivity index (χ1v) is 7.21. The fraction of sp³-hybridized carbons (Fsp3) is 0.643. The van der Waals surface area contributed by atoms with E-state index in [1.54, 1.807) is 13.0 Å². The smallest absolute Gasteiger partial charge is 0.242 e. The van der Waals surface area contributed by atoms with Gasteiger partial charge in [-0.1, -0.05) is 39.3 Å². The molecule has 0 radical (unpaired) electrons. The van der Waals surface area contributed by atoms with E-state index in [2.05, 4.69) is 20.6 Å². The summed E-state index contributed by atoms with van der Waals surface area (Å²) in [5.41, 5.74) is -0.199. The van der Waals surface area contributed by atoms with Crippen molar-refractivity contribution in [2.45, 2.75) is 52.5 Å². The topological polar surface area (TPSA) is 66.9 Å². The summed E-state index contributed by atoms with van der Waals surface area (Å²) in [6.45, 7) is 10.5. The molecule has 0 aliphatic rings. The number of carbonyl (C=O) groups excluding carboxylic acids is 1. The highest BCUT2D eigenvalue weighted by Gasteiger charge is 2.20. The highest BCUT2D eigenvalue weighted by atomic mass is 35.5. The van der Waals surface area contributed by atoms with Crippen molar-refractivity contribution in [3.8, 4) is 0 Å². The Morgan fingerprint density at radius 1 is 1.40 bits per heavy atom. The average molecular weight is 299 g/mol. The van der Waals surface area contributed by atoms with E-state index in [4.69, 9.17) is 11.6 Å². The monoisotopic (exact) mass is 298 g/mol. The molecule has 1 aromatic rings. The maximum absolute atomic E-state index is 11.8. The largest absolute Gasteiger partial charge is 0.358 e. The summed E-state index contributed by atoms with van der Waals surface area (Å²) < 4.78 is 0. The van der Waals surface area contributed by atoms with Gasteiger partial charge in [-0.05, 0) is 13.3 Å². The number of rotatable bonds is 5. The van der Waals surface area contributed by atoms with Crippen LogP contribution in [0, 0.1) is 0 Å². The van der Waals surface area contributed by atoms with Gasteiger partial charge in [-0.25, -0.2) is 9.97 Å². The second kappa shape index (κ2) is 6.88. The zero-order valence-electron chi connectivity index (χ0n) is 12.7. The molecule has 1 aromatic heterocycles. The number of carbonyl (C=O) groups is 1. The molecule has 1 unspecified atom stereocenters. The Bertz CT molecular complexity index is 471. The fourth-order valence-corrected chi connectivity index (χ4v) is 1.70. The standard InChI is InChI=1S/C14H23ClN4O/c1-6-7-16-12(20)9(2)17-11-8-10(15)18-13(19-11)14(3,4)5/h8-9H,6-7H2,1-5H3,(H,16,20)(H,17,18,19). The highest BCUT2D eigenvalue weighted by Crippen LogP contribution is 2.22. The van der Waals surface area contributed by atoms with Gasteiger partial charge >= 0.3 is 0 Å². The summed E-state index contributed by atoms with van der Waals surface area (Å²) in [4.78, 5) is 20.5. The lowest BCUT2D eigenvalue weighted by Crippen LogP contribution is -2.38. The Morgan fingerprint density at radius 3 is 2.60 bits per heavy atom. The number of nitrogens with one attached hydrogen (secondary N) is 2. The number of hydrogen-bond donors (Lipinski definition) is 2. The average Bonchev–Trinajstić information content (AvgIpc) is 2.34. The molecule has 0 aromatic carbocycles. The molecule has 5 nitrogen and oxygen atoms in total. The van der Waals surface area contributed by atoms with Crippen molar-refractivity contribution in [3.05, 3.63) is 17.0 Å². The molecule has 0 fully saturated rings. The third-order valence-corrected chi connectivity index (χ3v) is 2.87. The van der Waals surface area contributed by atoms with Crippen LogP contribution in [0.4, 0.5) is 5.82 Å². The van der Waals surface area contributed by atoms with Crippen molar-refractivity contribution in [2.24, 2.45) is 0 Å². The van der Waals surface area contributed by atoms with Crippen LogP contribution >= 0.6 is 11.6 Å². The number of hydrogen-bond acceptors (Lipinski definition) is 4. The zero-order valence-corrected chi connectivity index (χ0v) is 13.5. The minimum atomic E-state index is -0.375. The first-order chi connectivity index (χ1) is 9.24. The molecular formula is C14H23ClN4O. The van der Waals surface area contributed by atoms with Crippen LogP contribution in [0.2, 0.25) is 5.15 Å². The van der Waals surface area contributed by atoms with Crippen LogP contribution < -0.4 is 10.6 Å². The number of halogens is 1. The number of nitrogens with zero attached hydrogens (tertiary/aromatic N) is 2. The molecular weight excluding hydrogens is 276 g/mol. The molecule has 6 heteroatoms. The van der Waals surface area contributed by atoms with Crippen molar-refractivity contribution in [3.63, 3.8) is 0 Å². The van der Waals surface area contributed by atoms with Crippen LogP contribution in [0.1, 0.15) is 46.9 Å². The lowest BCUT2D eigenvalue weighted by atomic mass is 9.96. The van der Waals surface area contributed by atoms with Gasteiger partial charge in [-0.2, -0.15) is 0 Å². The Kier molecular flexibility index (Phi) is 5.74. The lowest BCUT2D eigenvalue weighted by molar-refractivity contribution is -0.121. The van der Waals surface area contributed by atoms with E-state index in [1.165, 1.54) is 0 Å². The quantitative estimate of drug-likeness (QED) is 0.820. The number of aromatic nitrogens is 2. The maximum atomic E-state index is 11.8. The second-order valence-corrected chi connectivity index (χ2v) is 6.19. The molecule has 0 saturated carbocycles. The molecule has 0 bridgehead atoms. The minimum Gasteiger partial charge on any atom is -0.358 e. The summed E-state index contributed by atoms with van der Waals surface area (Å²) in [5, 5.41) is 6.26. The van der Waals surface area contributed by atoms with Gasteiger partial charge in [0.1, 0.15) is 22.8 Å². The van der Waals surface area contributed by atoms with E-state index in [-0.39, 0.29) is 17.4 Å². The third kappa shape index (κ3) is 4.96. The van der Waals surface area contributed by atoms with Crippen LogP contribution in [0.3, 0.4) is 0 Å². The summed E-state index contributed by atoms with van der Waals surface area (Å²) in [5.74, 6) is 1.15. The molecule has 112 valence electrons. The Balaban J connectivity index is 2.82. The van der Waals surface area contributed by atoms with Crippen molar-refractivity contribution in [1.29, 1.82) is 0 Å². The predicted octanol–water partition coefficient (Wildman–Crippen LogP) is 2.75. The van der Waals surface area contributed by atoms with Gasteiger partial charge < -0.3 is 10.6 Å². The van der Waals surface area contributed by atoms with Gasteiger partial charge in [0.15, 0.2) is 0 Å². The van der Waals surface area contributed by atoms with Crippen LogP contribution in [0.15, 0.2) is 6.07 Å². The van der Waals surface area contributed by atoms with Gasteiger partial charge in [0, 0.05) is 18.0 Å². The zero-order chi connectivity index (χ0) is 15.3. The van der Waals surface area contributed by atoms with Gasteiger partial charge in [-0.15, -0.1) is 0 Å². The maximum Gasteiger partial charge on any atom is 0.242 e. The first kappa shape index (κ1) is 16.7. The summed E-state index contributed by atoms with van der Waals surface area (Å²) in [6.07, 6.45) is 0.909. The van der Waals surface area contributed by atoms with Gasteiger partial charge in [0.05, 0.1) is 0 Å². The lowest BCUT2D eigenvalue weighted by Gasteiger charge is -2.19. The van der Waals surface area contributed by atoms with E-state index < -0.39 is 0 Å². The van der Waals surface area contributed by atoms with E-state index in [1.807, 2.05) is 27.7 Å². The second-order valence-electron chi connectivity index (χ2n) is 5.81. The first-order valence-electron chi connectivity index (χ1n) is 6.83. The van der Waals surface area contributed by atoms with Crippen LogP contribution in [0.5, 0.6) is 0 Å². The molecule has 20 heavy (non-hydrogen) atoms. The molecule has 1 amide bonds. The molecule has 0 spiro atoms. The molecule has 0 aliphatic heterocycles. The summed E-state index contributed by atoms with van der Waals surface area (Å²) in [6, 6.07) is 1.25.